The van der Waals surface area contributed by atoms with Crippen LogP contribution in [0.25, 0.3) is 11.0 Å². The molecule has 0 radical (unpaired) electrons. The fourth-order valence-corrected chi connectivity index (χ4v) is 4.28. The highest BCUT2D eigenvalue weighted by atomic mass is 79.9. The molecule has 0 saturated carbocycles. The van der Waals surface area contributed by atoms with Gasteiger partial charge in [-0.3, -0.25) is 9.59 Å². The van der Waals surface area contributed by atoms with Crippen molar-refractivity contribution in [2.45, 2.75) is 13.0 Å². The van der Waals surface area contributed by atoms with Gasteiger partial charge in [0.15, 0.2) is 11.5 Å². The summed E-state index contributed by atoms with van der Waals surface area (Å²) in [6, 6.07) is 14.0. The van der Waals surface area contributed by atoms with Crippen molar-refractivity contribution in [3.05, 3.63) is 81.2 Å². The van der Waals surface area contributed by atoms with Gasteiger partial charge in [0.05, 0.1) is 11.6 Å². The molecule has 1 aliphatic rings. The number of aryl methyl sites for hydroxylation is 1. The number of halogens is 1. The van der Waals surface area contributed by atoms with Crippen LogP contribution < -0.4 is 0 Å². The fraction of sp³-hybridized carbons (Fsp3) is 0.250. The average molecular weight is 483 g/mol. The van der Waals surface area contributed by atoms with Gasteiger partial charge in [-0.05, 0) is 56.4 Å². The summed E-state index contributed by atoms with van der Waals surface area (Å²) >= 11 is 3.42. The van der Waals surface area contributed by atoms with Crippen molar-refractivity contribution in [1.82, 2.24) is 9.80 Å². The molecule has 2 heterocycles. The van der Waals surface area contributed by atoms with Gasteiger partial charge in [0.2, 0.25) is 5.78 Å². The second-order valence-corrected chi connectivity index (χ2v) is 8.86. The number of hydrogen-bond donors (Lipinski definition) is 1. The smallest absolute Gasteiger partial charge is 0.290 e. The number of benzene rings is 2. The number of carbonyl (C=O) groups is 2. The molecule has 1 atom stereocenters. The molecule has 1 aromatic heterocycles. The molecular weight excluding hydrogens is 460 g/mol. The number of Topliss-reactive ketones (excluding diaryl/α,β-unsaturated/α-hetero) is 1. The molecule has 6 nitrogen and oxygen atoms in total. The van der Waals surface area contributed by atoms with Gasteiger partial charge in [-0.1, -0.05) is 40.2 Å². The molecule has 0 saturated heterocycles. The quantitative estimate of drug-likeness (QED) is 0.517. The van der Waals surface area contributed by atoms with Crippen molar-refractivity contribution < 1.29 is 19.1 Å². The van der Waals surface area contributed by atoms with E-state index in [-0.39, 0.29) is 11.3 Å². The summed E-state index contributed by atoms with van der Waals surface area (Å²) in [5, 5.41) is 11.5. The summed E-state index contributed by atoms with van der Waals surface area (Å²) in [6.07, 6.45) is 0. The highest BCUT2D eigenvalue weighted by Crippen LogP contribution is 2.40. The van der Waals surface area contributed by atoms with Crippen LogP contribution in [-0.2, 0) is 4.79 Å². The second-order valence-electron chi connectivity index (χ2n) is 7.95. The van der Waals surface area contributed by atoms with Gasteiger partial charge in [-0.2, -0.15) is 0 Å². The predicted molar refractivity (Wildman–Crippen MR) is 122 cm³/mol. The number of aliphatic hydroxyl groups excluding tert-OH is 1. The first-order valence-electron chi connectivity index (χ1n) is 9.96. The van der Waals surface area contributed by atoms with E-state index in [0.717, 1.165) is 21.0 Å². The van der Waals surface area contributed by atoms with E-state index in [1.165, 1.54) is 0 Å². The average Bonchev–Trinajstić information content (AvgIpc) is 3.25. The minimum absolute atomic E-state index is 0.0520. The van der Waals surface area contributed by atoms with Crippen molar-refractivity contribution >= 4 is 38.6 Å². The Morgan fingerprint density at radius 2 is 1.94 bits per heavy atom. The van der Waals surface area contributed by atoms with Gasteiger partial charge >= 0.3 is 0 Å². The zero-order chi connectivity index (χ0) is 22.3. The highest BCUT2D eigenvalue weighted by molar-refractivity contribution is 9.10. The van der Waals surface area contributed by atoms with E-state index in [0.29, 0.717) is 18.7 Å². The van der Waals surface area contributed by atoms with Gasteiger partial charge in [-0.25, -0.2) is 0 Å². The summed E-state index contributed by atoms with van der Waals surface area (Å²) in [7, 11) is 3.82. The first-order valence-corrected chi connectivity index (χ1v) is 10.8. The Balaban J connectivity index is 1.81. The van der Waals surface area contributed by atoms with Gasteiger partial charge < -0.3 is 19.3 Å². The van der Waals surface area contributed by atoms with E-state index < -0.39 is 23.5 Å². The van der Waals surface area contributed by atoms with Gasteiger partial charge in [0.1, 0.15) is 5.58 Å². The Kier molecular flexibility index (Phi) is 5.73. The van der Waals surface area contributed by atoms with Crippen molar-refractivity contribution in [3.8, 4) is 0 Å². The number of hydrogen-bond acceptors (Lipinski definition) is 5. The zero-order valence-electron chi connectivity index (χ0n) is 17.6. The molecule has 2 aromatic carbocycles. The molecule has 1 N–H and O–H groups in total. The molecule has 1 amide bonds. The number of likely N-dealkylation sites (N-methyl/N-ethyl adjacent to an activating group) is 1. The topological polar surface area (TPSA) is 74.0 Å². The van der Waals surface area contributed by atoms with Crippen LogP contribution in [0.15, 0.2) is 68.8 Å². The van der Waals surface area contributed by atoms with Gasteiger partial charge in [0.25, 0.3) is 5.91 Å². The number of ketones is 1. The number of carbonyl (C=O) groups excluding carboxylic acids is 2. The Morgan fingerprint density at radius 3 is 2.65 bits per heavy atom. The lowest BCUT2D eigenvalue weighted by molar-refractivity contribution is -0.129. The van der Waals surface area contributed by atoms with Crippen molar-refractivity contribution in [2.75, 3.05) is 27.2 Å². The van der Waals surface area contributed by atoms with Crippen LogP contribution in [0, 0.1) is 6.92 Å². The van der Waals surface area contributed by atoms with E-state index in [4.69, 9.17) is 4.42 Å². The van der Waals surface area contributed by atoms with Gasteiger partial charge in [0, 0.05) is 22.9 Å². The van der Waals surface area contributed by atoms with E-state index in [9.17, 15) is 14.7 Å². The number of aliphatic hydroxyl groups is 1. The first kappa shape index (κ1) is 21.3. The monoisotopic (exact) mass is 482 g/mol. The molecule has 0 aliphatic carbocycles. The van der Waals surface area contributed by atoms with E-state index in [2.05, 4.69) is 15.9 Å². The number of nitrogens with zero attached hydrogens (tertiary/aromatic N) is 2. The first-order chi connectivity index (χ1) is 14.8. The Hall–Kier alpha value is -2.90. The molecule has 4 rings (SSSR count). The maximum Gasteiger partial charge on any atom is 0.290 e. The Labute approximate surface area is 188 Å². The number of amides is 1. The van der Waals surface area contributed by atoms with Crippen LogP contribution in [0.1, 0.15) is 27.7 Å². The van der Waals surface area contributed by atoms with Crippen LogP contribution in [0.4, 0.5) is 0 Å². The molecule has 31 heavy (non-hydrogen) atoms. The molecule has 0 spiro atoms. The summed E-state index contributed by atoms with van der Waals surface area (Å²) in [5.74, 6) is -1.45. The lowest BCUT2D eigenvalue weighted by Gasteiger charge is -2.28. The van der Waals surface area contributed by atoms with Gasteiger partial charge in [-0.15, -0.1) is 0 Å². The zero-order valence-corrected chi connectivity index (χ0v) is 19.1. The van der Waals surface area contributed by atoms with E-state index in [1.807, 2.05) is 62.3 Å². The minimum Gasteiger partial charge on any atom is -0.503 e. The molecule has 1 aliphatic heterocycles. The third-order valence-electron chi connectivity index (χ3n) is 5.52. The molecule has 1 unspecified atom stereocenters. The second kappa shape index (κ2) is 8.32. The Morgan fingerprint density at radius 1 is 1.19 bits per heavy atom. The maximum atomic E-state index is 13.5. The fourth-order valence-electron chi connectivity index (χ4n) is 3.90. The van der Waals surface area contributed by atoms with E-state index >= 15 is 0 Å². The van der Waals surface area contributed by atoms with Crippen molar-refractivity contribution in [1.29, 1.82) is 0 Å². The molecule has 0 fully saturated rings. The summed E-state index contributed by atoms with van der Waals surface area (Å²) in [6.45, 7) is 2.90. The summed E-state index contributed by atoms with van der Waals surface area (Å²) < 4.78 is 6.64. The normalized spacial score (nSPS) is 16.7. The maximum absolute atomic E-state index is 13.5. The summed E-state index contributed by atoms with van der Waals surface area (Å²) in [5.41, 5.74) is 2.36. The largest absolute Gasteiger partial charge is 0.503 e. The van der Waals surface area contributed by atoms with Crippen LogP contribution in [-0.4, -0.2) is 53.8 Å². The lowest BCUT2D eigenvalue weighted by Crippen LogP contribution is -2.36. The Bertz CT molecular complexity index is 1210. The molecule has 7 heteroatoms. The predicted octanol–water partition coefficient (Wildman–Crippen LogP) is 4.64. The lowest BCUT2D eigenvalue weighted by atomic mass is 9.92. The number of furan rings is 1. The van der Waals surface area contributed by atoms with Crippen LogP contribution >= 0.6 is 15.9 Å². The minimum atomic E-state index is -0.680. The molecule has 0 bridgehead atoms. The van der Waals surface area contributed by atoms with Crippen molar-refractivity contribution in [3.63, 3.8) is 0 Å². The van der Waals surface area contributed by atoms with Crippen LogP contribution in [0.2, 0.25) is 0 Å². The molecule has 160 valence electrons. The van der Waals surface area contributed by atoms with E-state index in [1.54, 1.807) is 17.0 Å². The summed E-state index contributed by atoms with van der Waals surface area (Å²) in [4.78, 5) is 30.0. The van der Waals surface area contributed by atoms with Crippen LogP contribution in [0.5, 0.6) is 0 Å². The van der Waals surface area contributed by atoms with Crippen molar-refractivity contribution in [2.24, 2.45) is 0 Å². The van der Waals surface area contributed by atoms with Crippen LogP contribution in [0.3, 0.4) is 0 Å². The number of fused-ring (bicyclic) bond motifs is 1. The molecular formula is C24H23BrN2O4. The third kappa shape index (κ3) is 3.91. The SMILES string of the molecule is Cc1ccccc1C1C(C(=O)c2cc3cc(Br)ccc3o2)=C(O)C(=O)N1CCN(C)C. The highest BCUT2D eigenvalue weighted by Gasteiger charge is 2.44. The standard InChI is InChI=1S/C24H23BrN2O4/c1-14-6-4-5-7-17(14)21-20(23(29)24(30)27(21)11-10-26(2)3)22(28)19-13-15-12-16(25)8-9-18(15)31-19/h4-9,12-13,21,29H,10-11H2,1-3H3. The third-order valence-corrected chi connectivity index (χ3v) is 6.01. The molecule has 3 aromatic rings. The number of rotatable bonds is 6.